The maximum atomic E-state index is 14.7. The van der Waals surface area contributed by atoms with Crippen LogP contribution in [0.3, 0.4) is 0 Å². The van der Waals surface area contributed by atoms with Crippen molar-refractivity contribution in [3.63, 3.8) is 0 Å². The van der Waals surface area contributed by atoms with Crippen LogP contribution in [0.2, 0.25) is 0 Å². The van der Waals surface area contributed by atoms with Crippen LogP contribution in [0.15, 0.2) is 47.5 Å². The van der Waals surface area contributed by atoms with Crippen LogP contribution in [-0.2, 0) is 16.0 Å². The lowest BCUT2D eigenvalue weighted by atomic mass is 9.74. The van der Waals surface area contributed by atoms with Crippen molar-refractivity contribution in [1.82, 2.24) is 4.90 Å². The highest BCUT2D eigenvalue weighted by Gasteiger charge is 2.48. The van der Waals surface area contributed by atoms with Crippen LogP contribution < -0.4 is 5.73 Å². The van der Waals surface area contributed by atoms with Crippen molar-refractivity contribution in [3.8, 4) is 0 Å². The van der Waals surface area contributed by atoms with Crippen molar-refractivity contribution in [2.24, 2.45) is 10.7 Å². The minimum Gasteiger partial charge on any atom is -0.369 e. The summed E-state index contributed by atoms with van der Waals surface area (Å²) in [6.07, 6.45) is 0.302. The van der Waals surface area contributed by atoms with Crippen LogP contribution in [0, 0.1) is 11.6 Å². The van der Waals surface area contributed by atoms with E-state index in [1.165, 1.54) is 24.9 Å². The van der Waals surface area contributed by atoms with Gasteiger partial charge in [0.25, 0.3) is 0 Å². The zero-order chi connectivity index (χ0) is 21.6. The quantitative estimate of drug-likeness (QED) is 0.825. The lowest BCUT2D eigenvalue weighted by Gasteiger charge is -2.41. The molecule has 0 radical (unpaired) electrons. The number of carbonyl (C=O) groups excluding carboxylic acids is 1. The van der Waals surface area contributed by atoms with Crippen molar-refractivity contribution in [2.45, 2.75) is 44.3 Å². The van der Waals surface area contributed by atoms with Crippen LogP contribution in [0.5, 0.6) is 0 Å². The van der Waals surface area contributed by atoms with Crippen molar-refractivity contribution in [3.05, 3.63) is 70.8 Å². The maximum absolute atomic E-state index is 14.7. The highest BCUT2D eigenvalue weighted by atomic mass is 19.1. The average Bonchev–Trinajstić information content (AvgIpc) is 2.66. The van der Waals surface area contributed by atoms with E-state index in [1.54, 1.807) is 38.1 Å². The van der Waals surface area contributed by atoms with Gasteiger partial charge in [-0.2, -0.15) is 0 Å². The summed E-state index contributed by atoms with van der Waals surface area (Å²) in [6.45, 7) is 4.83. The third-order valence-corrected chi connectivity index (χ3v) is 5.82. The first-order chi connectivity index (χ1) is 13.5. The molecule has 0 aromatic heterocycles. The van der Waals surface area contributed by atoms with Gasteiger partial charge in [-0.1, -0.05) is 37.3 Å². The van der Waals surface area contributed by atoms with Gasteiger partial charge in [-0.25, -0.2) is 18.2 Å². The Bertz CT molecular complexity index is 972. The van der Waals surface area contributed by atoms with Crippen molar-refractivity contribution in [1.29, 1.82) is 0 Å². The summed E-state index contributed by atoms with van der Waals surface area (Å²) >= 11 is 0. The lowest BCUT2D eigenvalue weighted by Crippen LogP contribution is -2.52. The van der Waals surface area contributed by atoms with E-state index in [9.17, 15) is 18.0 Å². The largest absolute Gasteiger partial charge is 0.369 e. The lowest BCUT2D eigenvalue weighted by molar-refractivity contribution is -0.130. The SMILES string of the molecule is CCC(C)(F)c1ccc(C2C(=O)N(C)C(N)=NC2(C)c2ccc(F)cc2F)cc1. The average molecular weight is 403 g/mol. The number of alkyl halides is 1. The molecular weight excluding hydrogens is 379 g/mol. The molecule has 3 unspecified atom stereocenters. The molecule has 4 nitrogen and oxygen atoms in total. The van der Waals surface area contributed by atoms with Gasteiger partial charge >= 0.3 is 0 Å². The highest BCUT2D eigenvalue weighted by Crippen LogP contribution is 2.45. The molecule has 7 heteroatoms. The third-order valence-electron chi connectivity index (χ3n) is 5.82. The van der Waals surface area contributed by atoms with Crippen LogP contribution in [0.4, 0.5) is 13.2 Å². The van der Waals surface area contributed by atoms with E-state index in [1.807, 2.05) is 0 Å². The summed E-state index contributed by atoms with van der Waals surface area (Å²) in [5.74, 6) is -2.90. The van der Waals surface area contributed by atoms with Gasteiger partial charge in [0, 0.05) is 18.7 Å². The van der Waals surface area contributed by atoms with Gasteiger partial charge in [0.15, 0.2) is 5.96 Å². The summed E-state index contributed by atoms with van der Waals surface area (Å²) in [7, 11) is 1.48. The molecule has 1 amide bonds. The molecule has 2 N–H and O–H groups in total. The molecular formula is C22H24F3N3O. The number of guanidine groups is 1. The van der Waals surface area contributed by atoms with Gasteiger partial charge in [0.2, 0.25) is 5.91 Å². The van der Waals surface area contributed by atoms with Crippen LogP contribution in [0.25, 0.3) is 0 Å². The van der Waals surface area contributed by atoms with Gasteiger partial charge < -0.3 is 5.73 Å². The smallest absolute Gasteiger partial charge is 0.239 e. The van der Waals surface area contributed by atoms with E-state index in [0.29, 0.717) is 17.5 Å². The molecule has 0 fully saturated rings. The molecule has 1 aliphatic heterocycles. The number of hydrogen-bond acceptors (Lipinski definition) is 3. The summed E-state index contributed by atoms with van der Waals surface area (Å²) in [5, 5.41) is 0. The molecule has 0 saturated carbocycles. The molecule has 2 aromatic rings. The Morgan fingerprint density at radius 2 is 1.83 bits per heavy atom. The van der Waals surface area contributed by atoms with E-state index >= 15 is 0 Å². The minimum absolute atomic E-state index is 0.0567. The standard InChI is InChI=1S/C22H24F3N3O/c1-5-21(2,25)14-8-6-13(7-9-14)18-19(29)28(4)20(26)27-22(18,3)16-11-10-15(23)12-17(16)24/h6-12,18H,5H2,1-4H3,(H2,26,27). The van der Waals surface area contributed by atoms with Gasteiger partial charge in [-0.05, 0) is 37.5 Å². The number of benzene rings is 2. The van der Waals surface area contributed by atoms with E-state index in [-0.39, 0.29) is 17.4 Å². The molecule has 3 atom stereocenters. The number of likely N-dealkylation sites (N-methyl/N-ethyl adjacent to an activating group) is 1. The number of carbonyl (C=O) groups is 1. The maximum Gasteiger partial charge on any atom is 0.239 e. The van der Waals surface area contributed by atoms with Gasteiger partial charge in [-0.15, -0.1) is 0 Å². The predicted octanol–water partition coefficient (Wildman–Crippen LogP) is 4.35. The van der Waals surface area contributed by atoms with Gasteiger partial charge in [-0.3, -0.25) is 9.69 Å². The summed E-state index contributed by atoms with van der Waals surface area (Å²) in [6, 6.07) is 9.69. The van der Waals surface area contributed by atoms with E-state index in [4.69, 9.17) is 5.73 Å². The number of aliphatic imine (C=N–C) groups is 1. The fourth-order valence-corrected chi connectivity index (χ4v) is 3.73. The number of rotatable bonds is 4. The molecule has 0 saturated heterocycles. The molecule has 1 heterocycles. The molecule has 3 rings (SSSR count). The highest BCUT2D eigenvalue weighted by molar-refractivity contribution is 6.02. The molecule has 2 aromatic carbocycles. The van der Waals surface area contributed by atoms with Gasteiger partial charge in [0.1, 0.15) is 22.8 Å². The number of amides is 1. The number of hydrogen-bond donors (Lipinski definition) is 1. The van der Waals surface area contributed by atoms with Gasteiger partial charge in [0.05, 0.1) is 5.92 Å². The molecule has 0 spiro atoms. The first kappa shape index (κ1) is 20.9. The first-order valence-corrected chi connectivity index (χ1v) is 9.39. The summed E-state index contributed by atoms with van der Waals surface area (Å²) < 4.78 is 42.7. The van der Waals surface area contributed by atoms with E-state index < -0.39 is 28.8 Å². The van der Waals surface area contributed by atoms with Crippen molar-refractivity contribution in [2.75, 3.05) is 7.05 Å². The summed E-state index contributed by atoms with van der Waals surface area (Å²) in [4.78, 5) is 18.8. The molecule has 0 bridgehead atoms. The Hall–Kier alpha value is -2.83. The first-order valence-electron chi connectivity index (χ1n) is 9.39. The Labute approximate surface area is 168 Å². The Balaban J connectivity index is 2.17. The van der Waals surface area contributed by atoms with Crippen molar-refractivity contribution >= 4 is 11.9 Å². The zero-order valence-corrected chi connectivity index (χ0v) is 16.8. The normalized spacial score (nSPS) is 24.2. The van der Waals surface area contributed by atoms with Crippen LogP contribution in [-0.4, -0.2) is 23.8 Å². The topological polar surface area (TPSA) is 58.7 Å². The van der Waals surface area contributed by atoms with Crippen LogP contribution in [0.1, 0.15) is 49.8 Å². The Kier molecular flexibility index (Phi) is 5.19. The molecule has 1 aliphatic rings. The van der Waals surface area contributed by atoms with E-state index in [0.717, 1.165) is 12.1 Å². The predicted molar refractivity (Wildman–Crippen MR) is 106 cm³/mol. The fraction of sp³-hybridized carbons (Fsp3) is 0.364. The molecule has 154 valence electrons. The Morgan fingerprint density at radius 1 is 1.21 bits per heavy atom. The molecule has 29 heavy (non-hydrogen) atoms. The van der Waals surface area contributed by atoms with Crippen LogP contribution >= 0.6 is 0 Å². The zero-order valence-electron chi connectivity index (χ0n) is 16.8. The minimum atomic E-state index is -1.50. The summed E-state index contributed by atoms with van der Waals surface area (Å²) in [5.41, 5.74) is 4.10. The number of nitrogens with two attached hydrogens (primary N) is 1. The monoisotopic (exact) mass is 403 g/mol. The number of halogens is 3. The third kappa shape index (κ3) is 3.50. The molecule has 0 aliphatic carbocycles. The second-order valence-corrected chi connectivity index (χ2v) is 7.74. The second kappa shape index (κ2) is 7.21. The number of nitrogens with zero attached hydrogens (tertiary/aromatic N) is 2. The fourth-order valence-electron chi connectivity index (χ4n) is 3.73. The van der Waals surface area contributed by atoms with E-state index in [2.05, 4.69) is 4.99 Å². The van der Waals surface area contributed by atoms with Crippen molar-refractivity contribution < 1.29 is 18.0 Å². The second-order valence-electron chi connectivity index (χ2n) is 7.74. The Morgan fingerprint density at radius 3 is 2.38 bits per heavy atom.